The fourth-order valence-electron chi connectivity index (χ4n) is 13.7. The van der Waals surface area contributed by atoms with Crippen LogP contribution in [-0.4, -0.2) is 0 Å². The molecule has 1 nitrogen and oxygen atoms in total. The van der Waals surface area contributed by atoms with E-state index in [4.69, 9.17) is 0 Å². The predicted molar refractivity (Wildman–Crippen MR) is 299 cm³/mol. The van der Waals surface area contributed by atoms with Gasteiger partial charge in [0.1, 0.15) is 0 Å². The van der Waals surface area contributed by atoms with Gasteiger partial charge in [-0.1, -0.05) is 211 Å². The smallest absolute Gasteiger partial charge is 0.0726 e. The van der Waals surface area contributed by atoms with Gasteiger partial charge in [0.05, 0.1) is 11.1 Å². The van der Waals surface area contributed by atoms with E-state index < -0.39 is 5.41 Å². The molecule has 0 saturated carbocycles. The third-order valence-electron chi connectivity index (χ3n) is 17.6. The molecule has 71 heavy (non-hydrogen) atoms. The van der Waals surface area contributed by atoms with Crippen molar-refractivity contribution in [1.82, 2.24) is 0 Å². The molecular weight excluding hydrogens is 855 g/mol. The molecule has 0 atom stereocenters. The van der Waals surface area contributed by atoms with Crippen molar-refractivity contribution in [2.75, 3.05) is 4.90 Å². The van der Waals surface area contributed by atoms with Crippen LogP contribution in [0.15, 0.2) is 212 Å². The minimum Gasteiger partial charge on any atom is -0.310 e. The van der Waals surface area contributed by atoms with Crippen molar-refractivity contribution in [3.05, 3.63) is 257 Å². The van der Waals surface area contributed by atoms with Crippen molar-refractivity contribution in [3.63, 3.8) is 0 Å². The monoisotopic (exact) mass is 911 g/mol. The Morgan fingerprint density at radius 2 is 0.803 bits per heavy atom. The quantitative estimate of drug-likeness (QED) is 0.166. The highest BCUT2D eigenvalue weighted by atomic mass is 15.1. The molecule has 0 aromatic heterocycles. The molecular formula is C70H57N. The lowest BCUT2D eigenvalue weighted by Crippen LogP contribution is -2.33. The zero-order valence-electron chi connectivity index (χ0n) is 41.6. The van der Waals surface area contributed by atoms with Crippen LogP contribution < -0.4 is 4.90 Å². The van der Waals surface area contributed by atoms with Crippen molar-refractivity contribution in [3.8, 4) is 55.6 Å². The lowest BCUT2D eigenvalue weighted by Gasteiger charge is -2.42. The zero-order chi connectivity index (χ0) is 48.0. The van der Waals surface area contributed by atoms with Gasteiger partial charge < -0.3 is 4.90 Å². The SMILES string of the molecule is CC1(C)CCC(C)(C)c2cc(-c3cc4c(cc3N(c3ccc(-c5ccc6ccccc6c5)cc3)c3ccc5c(c3)C(C)(C)c3ccccc3-5)C3(c5ccccc5-c5ccccc53)c3ccccc3-4)ccc21. The molecule has 0 aliphatic heterocycles. The summed E-state index contributed by atoms with van der Waals surface area (Å²) in [5.41, 5.74) is 26.8. The van der Waals surface area contributed by atoms with Crippen molar-refractivity contribution < 1.29 is 0 Å². The van der Waals surface area contributed by atoms with E-state index in [1.165, 1.54) is 123 Å². The summed E-state index contributed by atoms with van der Waals surface area (Å²) in [5, 5.41) is 2.51. The van der Waals surface area contributed by atoms with Gasteiger partial charge in [-0.25, -0.2) is 0 Å². The van der Waals surface area contributed by atoms with Gasteiger partial charge in [-0.15, -0.1) is 0 Å². The Balaban J connectivity index is 1.07. The average Bonchev–Trinajstić information content (AvgIpc) is 3.95. The molecule has 0 amide bonds. The molecule has 14 rings (SSSR count). The molecule has 0 fully saturated rings. The fraction of sp³-hybridized carbons (Fsp3) is 0.171. The van der Waals surface area contributed by atoms with E-state index in [9.17, 15) is 0 Å². The van der Waals surface area contributed by atoms with Crippen LogP contribution in [0.25, 0.3) is 66.4 Å². The highest BCUT2D eigenvalue weighted by Crippen LogP contribution is 2.64. The zero-order valence-corrected chi connectivity index (χ0v) is 41.6. The summed E-state index contributed by atoms with van der Waals surface area (Å²) >= 11 is 0. The van der Waals surface area contributed by atoms with Gasteiger partial charge in [-0.3, -0.25) is 0 Å². The van der Waals surface area contributed by atoms with Crippen molar-refractivity contribution >= 4 is 27.8 Å². The van der Waals surface area contributed by atoms with Gasteiger partial charge in [0.15, 0.2) is 0 Å². The van der Waals surface area contributed by atoms with Crippen LogP contribution in [0.2, 0.25) is 0 Å². The Labute approximate surface area is 419 Å². The maximum absolute atomic E-state index is 2.61. The summed E-state index contributed by atoms with van der Waals surface area (Å²) in [6.45, 7) is 14.6. The first-order valence-corrected chi connectivity index (χ1v) is 25.7. The third-order valence-corrected chi connectivity index (χ3v) is 17.6. The summed E-state index contributed by atoms with van der Waals surface area (Å²) in [6, 6.07) is 81.5. The first kappa shape index (κ1) is 42.2. The summed E-state index contributed by atoms with van der Waals surface area (Å²) < 4.78 is 0. The summed E-state index contributed by atoms with van der Waals surface area (Å²) in [6.07, 6.45) is 2.34. The Hall–Kier alpha value is -7.74. The molecule has 342 valence electrons. The highest BCUT2D eigenvalue weighted by Gasteiger charge is 2.52. The Morgan fingerprint density at radius 3 is 1.46 bits per heavy atom. The molecule has 0 radical (unpaired) electrons. The minimum atomic E-state index is -0.499. The molecule has 0 saturated heterocycles. The molecule has 0 heterocycles. The number of hydrogen-bond acceptors (Lipinski definition) is 1. The summed E-state index contributed by atoms with van der Waals surface area (Å²) in [4.78, 5) is 2.59. The largest absolute Gasteiger partial charge is 0.310 e. The van der Waals surface area contributed by atoms with Crippen molar-refractivity contribution in [2.24, 2.45) is 0 Å². The average molecular weight is 912 g/mol. The summed E-state index contributed by atoms with van der Waals surface area (Å²) in [5.74, 6) is 0. The maximum Gasteiger partial charge on any atom is 0.0726 e. The van der Waals surface area contributed by atoms with Crippen LogP contribution in [0.5, 0.6) is 0 Å². The third kappa shape index (κ3) is 5.93. The molecule has 1 spiro atoms. The van der Waals surface area contributed by atoms with Crippen molar-refractivity contribution in [1.29, 1.82) is 0 Å². The van der Waals surface area contributed by atoms with Crippen molar-refractivity contribution in [2.45, 2.75) is 76.0 Å². The van der Waals surface area contributed by atoms with Crippen LogP contribution >= 0.6 is 0 Å². The van der Waals surface area contributed by atoms with E-state index in [-0.39, 0.29) is 16.2 Å². The van der Waals surface area contributed by atoms with E-state index in [1.54, 1.807) is 0 Å². The second-order valence-corrected chi connectivity index (χ2v) is 22.7. The van der Waals surface area contributed by atoms with Gasteiger partial charge >= 0.3 is 0 Å². The van der Waals surface area contributed by atoms with E-state index in [2.05, 4.69) is 259 Å². The Bertz CT molecular complexity index is 3810. The van der Waals surface area contributed by atoms with Crippen LogP contribution in [-0.2, 0) is 21.7 Å². The van der Waals surface area contributed by atoms with Gasteiger partial charge in [0, 0.05) is 22.4 Å². The number of fused-ring (bicyclic) bond motifs is 15. The molecule has 0 unspecified atom stereocenters. The molecule has 10 aromatic rings. The van der Waals surface area contributed by atoms with Crippen LogP contribution in [0.3, 0.4) is 0 Å². The number of nitrogens with zero attached hydrogens (tertiary/aromatic N) is 1. The molecule has 0 bridgehead atoms. The van der Waals surface area contributed by atoms with E-state index in [0.29, 0.717) is 0 Å². The molecule has 10 aromatic carbocycles. The number of benzene rings is 10. The molecule has 4 aliphatic carbocycles. The van der Waals surface area contributed by atoms with Gasteiger partial charge in [-0.2, -0.15) is 0 Å². The van der Waals surface area contributed by atoms with Gasteiger partial charge in [0.2, 0.25) is 0 Å². The number of anilines is 3. The normalized spacial score (nSPS) is 16.4. The van der Waals surface area contributed by atoms with E-state index >= 15 is 0 Å². The minimum absolute atomic E-state index is 0.0462. The summed E-state index contributed by atoms with van der Waals surface area (Å²) in [7, 11) is 0. The molecule has 1 heteroatoms. The maximum atomic E-state index is 2.61. The van der Waals surface area contributed by atoms with Crippen LogP contribution in [0.4, 0.5) is 17.1 Å². The number of rotatable bonds is 5. The predicted octanol–water partition coefficient (Wildman–Crippen LogP) is 18.6. The lowest BCUT2D eigenvalue weighted by molar-refractivity contribution is 0.332. The van der Waals surface area contributed by atoms with Gasteiger partial charge in [-0.05, 0) is 171 Å². The lowest BCUT2D eigenvalue weighted by atomic mass is 9.63. The van der Waals surface area contributed by atoms with Gasteiger partial charge in [0.25, 0.3) is 0 Å². The number of hydrogen-bond donors (Lipinski definition) is 0. The van der Waals surface area contributed by atoms with E-state index in [0.717, 1.165) is 17.8 Å². The Kier molecular flexibility index (Phi) is 8.84. The molecule has 0 N–H and O–H groups in total. The molecule has 4 aliphatic rings. The Morgan fingerprint density at radius 1 is 0.296 bits per heavy atom. The second kappa shape index (κ2) is 14.9. The standard InChI is InChI=1S/C70H57N/c1-67(2)37-38-68(3,4)65-40-48(31-36-62(65)67)56-42-57-54-22-12-16-26-61(54)70(59-24-14-10-20-52(59)53-21-11-15-25-60(53)70)64(57)43-66(56)71(50-34-35-55-51-19-9-13-23-58(51)69(5,6)63(55)41-50)49-32-29-45(30-33-49)47-28-27-44-17-7-8-18-46(44)39-47/h7-36,39-43H,37-38H2,1-6H3. The topological polar surface area (TPSA) is 3.24 Å². The van der Waals surface area contributed by atoms with E-state index in [1.807, 2.05) is 0 Å². The highest BCUT2D eigenvalue weighted by molar-refractivity contribution is 6.01. The van der Waals surface area contributed by atoms with Crippen LogP contribution in [0, 0.1) is 0 Å². The first-order valence-electron chi connectivity index (χ1n) is 25.7. The fourth-order valence-corrected chi connectivity index (χ4v) is 13.7. The first-order chi connectivity index (χ1) is 34.4. The van der Waals surface area contributed by atoms with Crippen LogP contribution in [0.1, 0.15) is 98.9 Å². The second-order valence-electron chi connectivity index (χ2n) is 22.7.